The molecule has 0 atom stereocenters. The van der Waals surface area contributed by atoms with Gasteiger partial charge in [-0.25, -0.2) is 0 Å². The van der Waals surface area contributed by atoms with Gasteiger partial charge in [0.2, 0.25) is 0 Å². The van der Waals surface area contributed by atoms with Gasteiger partial charge in [-0.1, -0.05) is 164 Å². The Kier molecular flexibility index (Phi) is 6.47. The molecular weight excluding hydrogens is 705 g/mol. The predicted octanol–water partition coefficient (Wildman–Crippen LogP) is 16.0. The van der Waals surface area contributed by atoms with Crippen LogP contribution in [0.5, 0.6) is 23.0 Å². The molecule has 0 aliphatic carbocycles. The highest BCUT2D eigenvalue weighted by Gasteiger charge is 2.25. The Labute approximate surface area is 334 Å². The largest absolute Gasteiger partial charge is 0.456 e. The van der Waals surface area contributed by atoms with Crippen molar-refractivity contribution in [2.45, 2.75) is 0 Å². The van der Waals surface area contributed by atoms with Crippen molar-refractivity contribution < 1.29 is 9.47 Å². The number of ether oxygens (including phenoxy) is 2. The van der Waals surface area contributed by atoms with Gasteiger partial charge in [0.25, 0.3) is 0 Å². The molecule has 0 radical (unpaired) electrons. The summed E-state index contributed by atoms with van der Waals surface area (Å²) in [4.78, 5) is 0. The molecule has 0 N–H and O–H groups in total. The van der Waals surface area contributed by atoms with Crippen molar-refractivity contribution in [1.82, 2.24) is 0 Å². The van der Waals surface area contributed by atoms with E-state index in [0.717, 1.165) is 44.9 Å². The zero-order valence-corrected chi connectivity index (χ0v) is 31.3. The molecule has 2 aliphatic heterocycles. The van der Waals surface area contributed by atoms with Crippen LogP contribution in [0.15, 0.2) is 194 Å². The first kappa shape index (κ1) is 31.5. The molecule has 13 rings (SSSR count). The summed E-state index contributed by atoms with van der Waals surface area (Å²) in [5.74, 6) is 3.58. The van der Waals surface area contributed by atoms with Crippen LogP contribution in [0.25, 0.3) is 109 Å². The lowest BCUT2D eigenvalue weighted by atomic mass is 9.83. The summed E-state index contributed by atoms with van der Waals surface area (Å²) in [5.41, 5.74) is 11.9. The first-order valence-corrected chi connectivity index (χ1v) is 19.9. The Balaban J connectivity index is 1.14. The van der Waals surface area contributed by atoms with E-state index in [1.54, 1.807) is 0 Å². The molecule has 0 fully saturated rings. The number of benzene rings is 11. The van der Waals surface area contributed by atoms with Gasteiger partial charge in [-0.3, -0.25) is 0 Å². The van der Waals surface area contributed by atoms with E-state index < -0.39 is 0 Å². The predicted molar refractivity (Wildman–Crippen MR) is 241 cm³/mol. The minimum atomic E-state index is 0.895. The number of hydrogen-bond donors (Lipinski definition) is 0. The molecule has 2 heteroatoms. The molecule has 0 unspecified atom stereocenters. The molecule has 2 nitrogen and oxygen atoms in total. The molecule has 11 aromatic carbocycles. The van der Waals surface area contributed by atoms with Gasteiger partial charge in [0.05, 0.1) is 0 Å². The van der Waals surface area contributed by atoms with E-state index in [4.69, 9.17) is 9.47 Å². The minimum absolute atomic E-state index is 0.895. The Morgan fingerprint density at radius 3 is 1.21 bits per heavy atom. The molecule has 58 heavy (non-hydrogen) atoms. The summed E-state index contributed by atoms with van der Waals surface area (Å²) in [6.45, 7) is 0. The van der Waals surface area contributed by atoms with Crippen LogP contribution in [0.3, 0.4) is 0 Å². The lowest BCUT2D eigenvalue weighted by molar-refractivity contribution is 0.487. The highest BCUT2D eigenvalue weighted by molar-refractivity contribution is 6.24. The maximum absolute atomic E-state index is 6.54. The monoisotopic (exact) mass is 736 g/mol. The van der Waals surface area contributed by atoms with E-state index in [0.29, 0.717) is 0 Å². The molecule has 268 valence electrons. The summed E-state index contributed by atoms with van der Waals surface area (Å²) in [5, 5.41) is 12.0. The Hall–Kier alpha value is -7.68. The summed E-state index contributed by atoms with van der Waals surface area (Å²) in [7, 11) is 0. The number of rotatable bonds is 3. The van der Waals surface area contributed by atoms with Crippen LogP contribution in [0.4, 0.5) is 0 Å². The molecule has 0 saturated heterocycles. The second-order valence-electron chi connectivity index (χ2n) is 15.5. The maximum atomic E-state index is 6.54. The number of para-hydroxylation sites is 2. The third-order valence-corrected chi connectivity index (χ3v) is 12.5. The topological polar surface area (TPSA) is 18.5 Å². The first-order chi connectivity index (χ1) is 28.8. The van der Waals surface area contributed by atoms with Gasteiger partial charge in [-0.15, -0.1) is 0 Å². The van der Waals surface area contributed by atoms with Crippen LogP contribution in [0, 0.1) is 0 Å². The van der Waals surface area contributed by atoms with Gasteiger partial charge in [0, 0.05) is 21.9 Å². The van der Waals surface area contributed by atoms with E-state index in [-0.39, 0.29) is 0 Å². The Bertz CT molecular complexity index is 3380. The number of hydrogen-bond acceptors (Lipinski definition) is 2. The zero-order valence-electron chi connectivity index (χ0n) is 31.3. The lowest BCUT2D eigenvalue weighted by Gasteiger charge is -2.24. The van der Waals surface area contributed by atoms with Gasteiger partial charge in [-0.2, -0.15) is 0 Å². The van der Waals surface area contributed by atoms with E-state index >= 15 is 0 Å². The van der Waals surface area contributed by atoms with Crippen molar-refractivity contribution in [3.8, 4) is 78.6 Å². The summed E-state index contributed by atoms with van der Waals surface area (Å²) < 4.78 is 13.1. The second kappa shape index (κ2) is 11.9. The highest BCUT2D eigenvalue weighted by atomic mass is 16.5. The van der Waals surface area contributed by atoms with Gasteiger partial charge in [0.1, 0.15) is 23.0 Å². The standard InChI is InChI=1S/C56H32O2/c1-2-14-34-33(12-1)13-7-19-41(34)54-44-20-8-17-35(37-28-30-46-39-15-3-5-24-50(39)57-52-26-10-22-42(37)55(46)52)48(44)32-49-36(18-9-21-45(49)54)38-29-31-47-40-16-4-6-25-51(40)58-53-27-11-23-43(38)56(47)53/h1-32H. The summed E-state index contributed by atoms with van der Waals surface area (Å²) in [6.07, 6.45) is 0. The normalized spacial score (nSPS) is 12.4. The van der Waals surface area contributed by atoms with Crippen LogP contribution in [0.2, 0.25) is 0 Å². The maximum Gasteiger partial charge on any atom is 0.135 e. The van der Waals surface area contributed by atoms with Crippen molar-refractivity contribution in [3.05, 3.63) is 194 Å². The molecule has 2 aliphatic rings. The average molecular weight is 737 g/mol. The van der Waals surface area contributed by atoms with E-state index in [1.165, 1.54) is 87.6 Å². The molecule has 0 spiro atoms. The Morgan fingerprint density at radius 2 is 0.603 bits per heavy atom. The quantitative estimate of drug-likeness (QED) is 0.168. The molecule has 0 saturated carbocycles. The van der Waals surface area contributed by atoms with E-state index in [2.05, 4.69) is 182 Å². The van der Waals surface area contributed by atoms with E-state index in [1.807, 2.05) is 12.1 Å². The van der Waals surface area contributed by atoms with Gasteiger partial charge >= 0.3 is 0 Å². The zero-order chi connectivity index (χ0) is 37.9. The van der Waals surface area contributed by atoms with Crippen LogP contribution in [0.1, 0.15) is 0 Å². The van der Waals surface area contributed by atoms with Gasteiger partial charge in [-0.05, 0) is 118 Å². The average Bonchev–Trinajstić information content (AvgIpc) is 3.28. The van der Waals surface area contributed by atoms with Crippen molar-refractivity contribution in [3.63, 3.8) is 0 Å². The number of fused-ring (bicyclic) bond motifs is 7. The lowest BCUT2D eigenvalue weighted by Crippen LogP contribution is -1.98. The highest BCUT2D eigenvalue weighted by Crippen LogP contribution is 2.52. The summed E-state index contributed by atoms with van der Waals surface area (Å²) in [6, 6.07) is 70.4. The SMILES string of the molecule is c1ccc2c(c1)Oc1cccc3c(-c4cccc5c(-c6cccc7ccccc67)c6cccc(-c7ccc8c9c(cccc79)Oc7ccccc7-8)c6cc45)ccc-2c13. The molecule has 0 amide bonds. The van der Waals surface area contributed by atoms with Crippen LogP contribution in [-0.2, 0) is 0 Å². The molecular formula is C56H32O2. The fourth-order valence-corrected chi connectivity index (χ4v) is 10.00. The smallest absolute Gasteiger partial charge is 0.135 e. The van der Waals surface area contributed by atoms with Crippen LogP contribution in [-0.4, -0.2) is 0 Å². The third kappa shape index (κ3) is 4.37. The third-order valence-electron chi connectivity index (χ3n) is 12.5. The first-order valence-electron chi connectivity index (χ1n) is 19.9. The minimum Gasteiger partial charge on any atom is -0.456 e. The van der Waals surface area contributed by atoms with Gasteiger partial charge < -0.3 is 9.47 Å². The van der Waals surface area contributed by atoms with Crippen molar-refractivity contribution >= 4 is 53.9 Å². The van der Waals surface area contributed by atoms with Crippen LogP contribution >= 0.6 is 0 Å². The fourth-order valence-electron chi connectivity index (χ4n) is 10.00. The summed E-state index contributed by atoms with van der Waals surface area (Å²) >= 11 is 0. The van der Waals surface area contributed by atoms with Crippen molar-refractivity contribution in [2.24, 2.45) is 0 Å². The molecule has 0 aromatic heterocycles. The second-order valence-corrected chi connectivity index (χ2v) is 15.5. The molecule has 11 aromatic rings. The van der Waals surface area contributed by atoms with E-state index in [9.17, 15) is 0 Å². The Morgan fingerprint density at radius 1 is 0.224 bits per heavy atom. The fraction of sp³-hybridized carbons (Fsp3) is 0. The van der Waals surface area contributed by atoms with Crippen LogP contribution < -0.4 is 9.47 Å². The molecule has 0 bridgehead atoms. The van der Waals surface area contributed by atoms with Crippen molar-refractivity contribution in [1.29, 1.82) is 0 Å². The van der Waals surface area contributed by atoms with Gasteiger partial charge in [0.15, 0.2) is 0 Å². The molecule has 2 heterocycles. The van der Waals surface area contributed by atoms with Crippen molar-refractivity contribution in [2.75, 3.05) is 0 Å².